The molecule has 0 bridgehead atoms. The Bertz CT molecular complexity index is 271. The Morgan fingerprint density at radius 2 is 2.29 bits per heavy atom. The highest BCUT2D eigenvalue weighted by molar-refractivity contribution is 9.11. The fraction of sp³-hybridized carbons (Fsp3) is 0.600. The zero-order chi connectivity index (χ0) is 10.6. The van der Waals surface area contributed by atoms with Gasteiger partial charge in [0.2, 0.25) is 0 Å². The zero-order valence-electron chi connectivity index (χ0n) is 8.66. The maximum Gasteiger partial charge on any atom is 0.0917 e. The Morgan fingerprint density at radius 1 is 1.57 bits per heavy atom. The monoisotopic (exact) mass is 276 g/mol. The second-order valence-corrected chi connectivity index (χ2v) is 5.91. The molecule has 1 atom stereocenters. The van der Waals surface area contributed by atoms with Crippen molar-refractivity contribution in [2.45, 2.75) is 13.3 Å². The van der Waals surface area contributed by atoms with Crippen molar-refractivity contribution in [2.24, 2.45) is 11.7 Å². The fourth-order valence-corrected chi connectivity index (χ4v) is 2.69. The molecule has 0 amide bonds. The van der Waals surface area contributed by atoms with Gasteiger partial charge in [0.15, 0.2) is 0 Å². The van der Waals surface area contributed by atoms with Crippen molar-refractivity contribution in [3.05, 3.63) is 15.9 Å². The van der Waals surface area contributed by atoms with Crippen molar-refractivity contribution in [1.82, 2.24) is 0 Å². The Morgan fingerprint density at radius 3 is 2.71 bits per heavy atom. The van der Waals surface area contributed by atoms with Crippen molar-refractivity contribution in [3.63, 3.8) is 0 Å². The maximum atomic E-state index is 5.68. The third kappa shape index (κ3) is 3.26. The SMILES string of the molecule is CCC(CN)CN(C)c1ccc(Br)s1. The van der Waals surface area contributed by atoms with Gasteiger partial charge in [0.05, 0.1) is 8.79 Å². The van der Waals surface area contributed by atoms with Gasteiger partial charge in [-0.15, -0.1) is 11.3 Å². The van der Waals surface area contributed by atoms with Gasteiger partial charge in [-0.05, 0) is 40.5 Å². The molecule has 0 aromatic carbocycles. The van der Waals surface area contributed by atoms with Crippen LogP contribution in [0.2, 0.25) is 0 Å². The lowest BCUT2D eigenvalue weighted by Gasteiger charge is -2.22. The van der Waals surface area contributed by atoms with Crippen molar-refractivity contribution in [3.8, 4) is 0 Å². The van der Waals surface area contributed by atoms with E-state index >= 15 is 0 Å². The average molecular weight is 277 g/mol. The summed E-state index contributed by atoms with van der Waals surface area (Å²) < 4.78 is 1.18. The molecule has 0 aliphatic carbocycles. The smallest absolute Gasteiger partial charge is 0.0917 e. The van der Waals surface area contributed by atoms with E-state index in [4.69, 9.17) is 5.73 Å². The molecule has 4 heteroatoms. The summed E-state index contributed by atoms with van der Waals surface area (Å²) in [6, 6.07) is 4.22. The highest BCUT2D eigenvalue weighted by atomic mass is 79.9. The summed E-state index contributed by atoms with van der Waals surface area (Å²) in [5.74, 6) is 0.598. The molecule has 1 aromatic heterocycles. The van der Waals surface area contributed by atoms with E-state index < -0.39 is 0 Å². The van der Waals surface area contributed by atoms with E-state index in [1.54, 1.807) is 11.3 Å². The van der Waals surface area contributed by atoms with Crippen molar-refractivity contribution in [1.29, 1.82) is 0 Å². The van der Waals surface area contributed by atoms with Crippen LogP contribution in [0.5, 0.6) is 0 Å². The van der Waals surface area contributed by atoms with Gasteiger partial charge in [0.1, 0.15) is 0 Å². The van der Waals surface area contributed by atoms with Gasteiger partial charge >= 0.3 is 0 Å². The molecule has 1 heterocycles. The van der Waals surface area contributed by atoms with Crippen LogP contribution >= 0.6 is 27.3 Å². The first-order chi connectivity index (χ1) is 6.67. The number of thiophene rings is 1. The van der Waals surface area contributed by atoms with Gasteiger partial charge in [-0.1, -0.05) is 13.3 Å². The molecule has 1 aromatic rings. The van der Waals surface area contributed by atoms with E-state index in [1.165, 1.54) is 8.79 Å². The van der Waals surface area contributed by atoms with Crippen LogP contribution < -0.4 is 10.6 Å². The van der Waals surface area contributed by atoms with Gasteiger partial charge in [-0.3, -0.25) is 0 Å². The van der Waals surface area contributed by atoms with E-state index in [1.807, 2.05) is 0 Å². The number of rotatable bonds is 5. The Balaban J connectivity index is 2.53. The molecule has 0 fully saturated rings. The second kappa shape index (κ2) is 5.73. The summed E-state index contributed by atoms with van der Waals surface area (Å²) in [5, 5.41) is 1.30. The first kappa shape index (κ1) is 12.0. The van der Waals surface area contributed by atoms with Crippen molar-refractivity contribution < 1.29 is 0 Å². The number of anilines is 1. The van der Waals surface area contributed by atoms with Crippen molar-refractivity contribution in [2.75, 3.05) is 25.0 Å². The van der Waals surface area contributed by atoms with Crippen LogP contribution in [0.3, 0.4) is 0 Å². The van der Waals surface area contributed by atoms with Crippen LogP contribution in [-0.4, -0.2) is 20.1 Å². The molecular formula is C10H17BrN2S. The molecule has 0 aliphatic rings. The topological polar surface area (TPSA) is 29.3 Å². The molecule has 0 spiro atoms. The Kier molecular flexibility index (Phi) is 4.92. The summed E-state index contributed by atoms with van der Waals surface area (Å²) in [4.78, 5) is 2.27. The lowest BCUT2D eigenvalue weighted by molar-refractivity contribution is 0.522. The highest BCUT2D eigenvalue weighted by Crippen LogP contribution is 2.29. The molecule has 2 nitrogen and oxygen atoms in total. The lowest BCUT2D eigenvalue weighted by Crippen LogP contribution is -2.29. The molecule has 1 unspecified atom stereocenters. The minimum atomic E-state index is 0.598. The van der Waals surface area contributed by atoms with Gasteiger partial charge < -0.3 is 10.6 Å². The minimum absolute atomic E-state index is 0.598. The number of hydrogen-bond donors (Lipinski definition) is 1. The van der Waals surface area contributed by atoms with E-state index in [-0.39, 0.29) is 0 Å². The number of hydrogen-bond acceptors (Lipinski definition) is 3. The molecule has 0 aliphatic heterocycles. The van der Waals surface area contributed by atoms with E-state index in [2.05, 4.69) is 46.9 Å². The first-order valence-electron chi connectivity index (χ1n) is 4.84. The molecule has 2 N–H and O–H groups in total. The largest absolute Gasteiger partial charge is 0.366 e. The lowest BCUT2D eigenvalue weighted by atomic mass is 10.1. The molecule has 80 valence electrons. The molecule has 14 heavy (non-hydrogen) atoms. The number of nitrogens with two attached hydrogens (primary N) is 1. The highest BCUT2D eigenvalue weighted by Gasteiger charge is 2.09. The maximum absolute atomic E-state index is 5.68. The van der Waals surface area contributed by atoms with E-state index in [9.17, 15) is 0 Å². The average Bonchev–Trinajstić information content (AvgIpc) is 2.61. The number of nitrogens with zero attached hydrogens (tertiary/aromatic N) is 1. The molecule has 0 saturated heterocycles. The van der Waals surface area contributed by atoms with Gasteiger partial charge in [0.25, 0.3) is 0 Å². The standard InChI is InChI=1S/C10H17BrN2S/c1-3-8(6-12)7-13(2)10-5-4-9(11)14-10/h4-5,8H,3,6-7,12H2,1-2H3. The molecule has 0 radical (unpaired) electrons. The predicted octanol–water partition coefficient (Wildman–Crippen LogP) is 2.93. The normalized spacial score (nSPS) is 12.9. The fourth-order valence-electron chi connectivity index (χ4n) is 1.36. The summed E-state index contributed by atoms with van der Waals surface area (Å²) in [7, 11) is 2.12. The molecule has 0 saturated carbocycles. The van der Waals surface area contributed by atoms with Crippen LogP contribution in [0, 0.1) is 5.92 Å². The Labute approximate surface area is 98.2 Å². The second-order valence-electron chi connectivity index (χ2n) is 3.47. The van der Waals surface area contributed by atoms with Crippen LogP contribution in [0.15, 0.2) is 15.9 Å². The quantitative estimate of drug-likeness (QED) is 0.896. The third-order valence-corrected chi connectivity index (χ3v) is 4.12. The summed E-state index contributed by atoms with van der Waals surface area (Å²) >= 11 is 5.23. The Hall–Kier alpha value is -0.0600. The summed E-state index contributed by atoms with van der Waals surface area (Å²) in [6.45, 7) is 4.00. The van der Waals surface area contributed by atoms with Crippen LogP contribution in [0.25, 0.3) is 0 Å². The van der Waals surface area contributed by atoms with Crippen LogP contribution in [-0.2, 0) is 0 Å². The summed E-state index contributed by atoms with van der Waals surface area (Å²) in [5.41, 5.74) is 5.68. The molecular weight excluding hydrogens is 260 g/mol. The van der Waals surface area contributed by atoms with Gasteiger partial charge in [-0.2, -0.15) is 0 Å². The van der Waals surface area contributed by atoms with Crippen molar-refractivity contribution >= 4 is 32.3 Å². The molecule has 1 rings (SSSR count). The zero-order valence-corrected chi connectivity index (χ0v) is 11.1. The minimum Gasteiger partial charge on any atom is -0.366 e. The predicted molar refractivity (Wildman–Crippen MR) is 68.1 cm³/mol. The van der Waals surface area contributed by atoms with E-state index in [0.29, 0.717) is 5.92 Å². The van der Waals surface area contributed by atoms with E-state index in [0.717, 1.165) is 19.5 Å². The van der Waals surface area contributed by atoms with Crippen LogP contribution in [0.1, 0.15) is 13.3 Å². The van der Waals surface area contributed by atoms with Gasteiger partial charge in [-0.25, -0.2) is 0 Å². The first-order valence-corrected chi connectivity index (χ1v) is 6.44. The van der Waals surface area contributed by atoms with Crippen LogP contribution in [0.4, 0.5) is 5.00 Å². The summed E-state index contributed by atoms with van der Waals surface area (Å²) in [6.07, 6.45) is 1.15. The van der Waals surface area contributed by atoms with Gasteiger partial charge in [0, 0.05) is 13.6 Å². The third-order valence-electron chi connectivity index (χ3n) is 2.38. The number of halogens is 1.